The number of ketones is 2. The van der Waals surface area contributed by atoms with E-state index in [1.807, 2.05) is 0 Å². The Balaban J connectivity index is 3.56. The summed E-state index contributed by atoms with van der Waals surface area (Å²) in [4.78, 5) is 33.8. The highest BCUT2D eigenvalue weighted by Crippen LogP contribution is 2.09. The molecule has 0 spiro atoms. The number of Topliss-reactive ketones (excluding diaryl/α,β-unsaturated/α-hetero) is 2. The second-order valence-electron chi connectivity index (χ2n) is 6.86. The van der Waals surface area contributed by atoms with Gasteiger partial charge in [-0.1, -0.05) is 32.5 Å². The minimum absolute atomic E-state index is 0.0421. The smallest absolute Gasteiger partial charge is 0.313 e. The summed E-state index contributed by atoms with van der Waals surface area (Å²) in [6, 6.07) is 0.934. The zero-order valence-electron chi connectivity index (χ0n) is 14.0. The fourth-order valence-electron chi connectivity index (χ4n) is 1.82. The van der Waals surface area contributed by atoms with Crippen molar-refractivity contribution in [1.82, 2.24) is 0 Å². The molecule has 0 aliphatic rings. The number of carbonyl (C=O) groups is 3. The summed E-state index contributed by atoms with van der Waals surface area (Å²) in [5, 5.41) is 0. The van der Waals surface area contributed by atoms with Crippen LogP contribution in [0.4, 0.5) is 0 Å². The monoisotopic (exact) mass is 314 g/mol. The molecular weight excluding hydrogens is 284 g/mol. The molecule has 21 heavy (non-hydrogen) atoms. The Hall–Kier alpha value is -0.973. The Labute approximate surface area is 129 Å². The lowest BCUT2D eigenvalue weighted by Gasteiger charge is -2.15. The van der Waals surface area contributed by atoms with E-state index in [9.17, 15) is 14.4 Å². The maximum Gasteiger partial charge on any atom is 0.313 e. The Morgan fingerprint density at radius 1 is 0.905 bits per heavy atom. The molecule has 0 unspecified atom stereocenters. The zero-order valence-corrected chi connectivity index (χ0v) is 15.0. The van der Waals surface area contributed by atoms with E-state index in [1.54, 1.807) is 6.92 Å². The molecule has 0 fully saturated rings. The van der Waals surface area contributed by atoms with Crippen molar-refractivity contribution >= 4 is 25.6 Å². The standard InChI is InChI=1S/C16H30O4Si/c1-14(17)9-7-5-6-8-10-15(18)13-16(19)20-11-12-21(2,3)4/h5-13H2,1-4H3. The molecule has 5 heteroatoms. The topological polar surface area (TPSA) is 60.4 Å². The number of ether oxygens (including phenoxy) is 1. The maximum atomic E-state index is 11.6. The predicted molar refractivity (Wildman–Crippen MR) is 87.1 cm³/mol. The van der Waals surface area contributed by atoms with Gasteiger partial charge in [-0.15, -0.1) is 0 Å². The molecule has 0 atom stereocenters. The first-order chi connectivity index (χ1) is 9.70. The third kappa shape index (κ3) is 15.2. The molecule has 0 N–H and O–H groups in total. The summed E-state index contributed by atoms with van der Waals surface area (Å²) in [7, 11) is -1.19. The van der Waals surface area contributed by atoms with Crippen LogP contribution in [0.3, 0.4) is 0 Å². The molecule has 0 aliphatic carbocycles. The van der Waals surface area contributed by atoms with Crippen LogP contribution in [0.25, 0.3) is 0 Å². The number of hydrogen-bond acceptors (Lipinski definition) is 4. The van der Waals surface area contributed by atoms with Gasteiger partial charge in [0.2, 0.25) is 0 Å². The molecule has 122 valence electrons. The van der Waals surface area contributed by atoms with E-state index < -0.39 is 14.0 Å². The minimum Gasteiger partial charge on any atom is -0.466 e. The van der Waals surface area contributed by atoms with Gasteiger partial charge in [-0.25, -0.2) is 0 Å². The average molecular weight is 314 g/mol. The summed E-state index contributed by atoms with van der Waals surface area (Å²) in [6.45, 7) is 8.69. The van der Waals surface area contributed by atoms with Crippen LogP contribution in [-0.2, 0) is 19.1 Å². The van der Waals surface area contributed by atoms with E-state index >= 15 is 0 Å². The van der Waals surface area contributed by atoms with Crippen LogP contribution in [0, 0.1) is 0 Å². The minimum atomic E-state index is -1.19. The molecule has 0 aromatic rings. The molecular formula is C16H30O4Si. The van der Waals surface area contributed by atoms with E-state index in [2.05, 4.69) is 19.6 Å². The molecule has 0 heterocycles. The summed E-state index contributed by atoms with van der Waals surface area (Å²) in [5.41, 5.74) is 0. The van der Waals surface area contributed by atoms with Crippen LogP contribution in [0.15, 0.2) is 0 Å². The normalized spacial score (nSPS) is 11.2. The van der Waals surface area contributed by atoms with Gasteiger partial charge in [-0.2, -0.15) is 0 Å². The highest BCUT2D eigenvalue weighted by molar-refractivity contribution is 6.76. The molecule has 0 saturated carbocycles. The van der Waals surface area contributed by atoms with E-state index in [1.165, 1.54) is 0 Å². The highest BCUT2D eigenvalue weighted by atomic mass is 28.3. The molecule has 4 nitrogen and oxygen atoms in total. The molecule has 0 saturated heterocycles. The van der Waals surface area contributed by atoms with Crippen LogP contribution in [0.1, 0.15) is 51.9 Å². The van der Waals surface area contributed by atoms with Crippen LogP contribution in [-0.4, -0.2) is 32.2 Å². The highest BCUT2D eigenvalue weighted by Gasteiger charge is 2.15. The molecule has 0 bridgehead atoms. The van der Waals surface area contributed by atoms with Gasteiger partial charge < -0.3 is 9.53 Å². The van der Waals surface area contributed by atoms with Crippen LogP contribution < -0.4 is 0 Å². The second-order valence-corrected chi connectivity index (χ2v) is 12.5. The third-order valence-corrected chi connectivity index (χ3v) is 4.90. The summed E-state index contributed by atoms with van der Waals surface area (Å²) >= 11 is 0. The average Bonchev–Trinajstić information content (AvgIpc) is 2.31. The van der Waals surface area contributed by atoms with Gasteiger partial charge in [0.15, 0.2) is 0 Å². The zero-order chi connectivity index (χ0) is 16.3. The van der Waals surface area contributed by atoms with E-state index in [0.29, 0.717) is 19.4 Å². The van der Waals surface area contributed by atoms with Crippen LogP contribution >= 0.6 is 0 Å². The molecule has 0 aromatic carbocycles. The second kappa shape index (κ2) is 10.7. The van der Waals surface area contributed by atoms with Crippen molar-refractivity contribution in [1.29, 1.82) is 0 Å². The van der Waals surface area contributed by atoms with Crippen molar-refractivity contribution in [3.63, 3.8) is 0 Å². The van der Waals surface area contributed by atoms with Gasteiger partial charge in [0.1, 0.15) is 18.0 Å². The van der Waals surface area contributed by atoms with Crippen LogP contribution in [0.5, 0.6) is 0 Å². The van der Waals surface area contributed by atoms with Gasteiger partial charge >= 0.3 is 5.97 Å². The lowest BCUT2D eigenvalue weighted by atomic mass is 10.1. The van der Waals surface area contributed by atoms with Crippen molar-refractivity contribution in [2.45, 2.75) is 77.6 Å². The molecule has 0 aromatic heterocycles. The Morgan fingerprint density at radius 3 is 2.00 bits per heavy atom. The van der Waals surface area contributed by atoms with E-state index in [4.69, 9.17) is 4.74 Å². The van der Waals surface area contributed by atoms with Crippen molar-refractivity contribution in [2.75, 3.05) is 6.61 Å². The fraction of sp³-hybridized carbons (Fsp3) is 0.812. The van der Waals surface area contributed by atoms with Gasteiger partial charge in [-0.05, 0) is 25.8 Å². The first kappa shape index (κ1) is 20.0. The van der Waals surface area contributed by atoms with Crippen LogP contribution in [0.2, 0.25) is 25.7 Å². The van der Waals surface area contributed by atoms with Gasteiger partial charge in [0.05, 0.1) is 6.61 Å². The van der Waals surface area contributed by atoms with E-state index in [0.717, 1.165) is 31.7 Å². The maximum absolute atomic E-state index is 11.6. The largest absolute Gasteiger partial charge is 0.466 e. The molecule has 0 radical (unpaired) electrons. The molecule has 0 amide bonds. The number of rotatable bonds is 12. The Bertz CT molecular complexity index is 345. The number of unbranched alkanes of at least 4 members (excludes halogenated alkanes) is 3. The summed E-state index contributed by atoms with van der Waals surface area (Å²) in [6.07, 6.45) is 4.54. The van der Waals surface area contributed by atoms with Gasteiger partial charge in [-0.3, -0.25) is 9.59 Å². The first-order valence-electron chi connectivity index (χ1n) is 7.87. The summed E-state index contributed by atoms with van der Waals surface area (Å²) < 4.78 is 5.10. The number of carbonyl (C=O) groups excluding carboxylic acids is 3. The van der Waals surface area contributed by atoms with Gasteiger partial charge in [0, 0.05) is 20.9 Å². The lowest BCUT2D eigenvalue weighted by molar-refractivity contribution is -0.145. The van der Waals surface area contributed by atoms with Crippen molar-refractivity contribution in [2.24, 2.45) is 0 Å². The van der Waals surface area contributed by atoms with Crippen molar-refractivity contribution < 1.29 is 19.1 Å². The quantitative estimate of drug-likeness (QED) is 0.238. The van der Waals surface area contributed by atoms with Crippen molar-refractivity contribution in [3.05, 3.63) is 0 Å². The molecule has 0 rings (SSSR count). The first-order valence-corrected chi connectivity index (χ1v) is 11.6. The third-order valence-electron chi connectivity index (χ3n) is 3.19. The lowest BCUT2D eigenvalue weighted by Crippen LogP contribution is -2.23. The van der Waals surface area contributed by atoms with E-state index in [-0.39, 0.29) is 18.0 Å². The van der Waals surface area contributed by atoms with Gasteiger partial charge in [0.25, 0.3) is 0 Å². The SMILES string of the molecule is CC(=O)CCCCCCC(=O)CC(=O)OCC[Si](C)(C)C. The Morgan fingerprint density at radius 2 is 1.48 bits per heavy atom. The fourth-order valence-corrected chi connectivity index (χ4v) is 2.54. The van der Waals surface area contributed by atoms with Crippen molar-refractivity contribution in [3.8, 4) is 0 Å². The summed E-state index contributed by atoms with van der Waals surface area (Å²) in [5.74, 6) is -0.221. The number of hydrogen-bond donors (Lipinski definition) is 0. The number of esters is 1. The predicted octanol–water partition coefficient (Wildman–Crippen LogP) is 3.76. The Kier molecular flexibility index (Phi) is 10.2. The molecule has 0 aliphatic heterocycles.